The van der Waals surface area contributed by atoms with E-state index in [4.69, 9.17) is 15.2 Å². The second-order valence-electron chi connectivity index (χ2n) is 8.08. The Balaban J connectivity index is 1.94. The Kier molecular flexibility index (Phi) is 8.47. The van der Waals surface area contributed by atoms with E-state index in [-0.39, 0.29) is 12.3 Å². The van der Waals surface area contributed by atoms with Crippen LogP contribution in [0.3, 0.4) is 0 Å². The molecule has 0 radical (unpaired) electrons. The molecule has 7 nitrogen and oxygen atoms in total. The van der Waals surface area contributed by atoms with Gasteiger partial charge in [0.2, 0.25) is 11.8 Å². The quantitative estimate of drug-likeness (QED) is 0.392. The number of carbonyl (C=O) groups is 2. The molecule has 0 spiro atoms. The number of nitrogens with two attached hydrogens (primary N) is 1. The fraction of sp³-hybridized carbons (Fsp3) is 0.259. The summed E-state index contributed by atoms with van der Waals surface area (Å²) in [5, 5.41) is 0. The van der Waals surface area contributed by atoms with Gasteiger partial charge in [-0.15, -0.1) is 0 Å². The molecule has 0 fully saturated rings. The van der Waals surface area contributed by atoms with Crippen molar-refractivity contribution in [2.24, 2.45) is 5.73 Å². The van der Waals surface area contributed by atoms with E-state index in [1.54, 1.807) is 42.5 Å². The minimum Gasteiger partial charge on any atom is -0.493 e. The summed E-state index contributed by atoms with van der Waals surface area (Å²) < 4.78 is 41.7. The molecule has 1 unspecified atom stereocenters. The third-order valence-corrected chi connectivity index (χ3v) is 5.45. The largest absolute Gasteiger partial charge is 0.493 e. The topological polar surface area (TPSA) is 91.1 Å². The number of nitrogens with zero attached hydrogens (tertiary/aromatic N) is 1. The van der Waals surface area contributed by atoms with Crippen molar-refractivity contribution in [1.29, 1.82) is 0 Å². The highest BCUT2D eigenvalue weighted by molar-refractivity contribution is 6.11. The molecule has 1 atom stereocenters. The number of ether oxygens (including phenoxy) is 3. The molecule has 0 aromatic heterocycles. The normalized spacial score (nSPS) is 11.9. The molecule has 0 saturated carbocycles. The summed E-state index contributed by atoms with van der Waals surface area (Å²) >= 11 is 0. The standard InChI is InChI=1S/C27H28F2N2O5/c1-27(28,29)36-21-12-10-20(11-13-21)31(16-15-18-9-14-22(34-2)23(17-18)35-3)26(33)24(25(30)32)19-7-5-4-6-8-19/h4-14,17,24H,15-16H2,1-3H3,(H2,30,32). The molecule has 2 N–H and O–H groups in total. The highest BCUT2D eigenvalue weighted by atomic mass is 19.3. The Labute approximate surface area is 208 Å². The zero-order chi connectivity index (χ0) is 26.3. The second-order valence-corrected chi connectivity index (χ2v) is 8.08. The van der Waals surface area contributed by atoms with Crippen LogP contribution in [-0.4, -0.2) is 38.7 Å². The lowest BCUT2D eigenvalue weighted by Crippen LogP contribution is -2.41. The summed E-state index contributed by atoms with van der Waals surface area (Å²) in [4.78, 5) is 27.4. The second kappa shape index (κ2) is 11.5. The van der Waals surface area contributed by atoms with Crippen LogP contribution in [0.1, 0.15) is 24.0 Å². The Morgan fingerprint density at radius 1 is 0.944 bits per heavy atom. The number of halogens is 2. The highest BCUT2D eigenvalue weighted by Gasteiger charge is 2.31. The minimum atomic E-state index is -3.35. The number of carbonyl (C=O) groups excluding carboxylic acids is 2. The average Bonchev–Trinajstić information content (AvgIpc) is 2.84. The molecule has 2 amide bonds. The summed E-state index contributed by atoms with van der Waals surface area (Å²) in [5.41, 5.74) is 7.34. The molecule has 3 aromatic rings. The van der Waals surface area contributed by atoms with E-state index in [2.05, 4.69) is 4.74 Å². The van der Waals surface area contributed by atoms with Crippen LogP contribution in [0.4, 0.5) is 14.5 Å². The first-order valence-electron chi connectivity index (χ1n) is 11.2. The maximum Gasteiger partial charge on any atom is 0.394 e. The average molecular weight is 499 g/mol. The van der Waals surface area contributed by atoms with Crippen LogP contribution in [0.15, 0.2) is 72.8 Å². The summed E-state index contributed by atoms with van der Waals surface area (Å²) in [6.07, 6.45) is -2.95. The number of alkyl halides is 2. The number of amides is 2. The van der Waals surface area contributed by atoms with Gasteiger partial charge in [-0.2, -0.15) is 8.78 Å². The fourth-order valence-corrected chi connectivity index (χ4v) is 3.77. The van der Waals surface area contributed by atoms with Gasteiger partial charge in [-0.3, -0.25) is 9.59 Å². The van der Waals surface area contributed by atoms with Crippen molar-refractivity contribution >= 4 is 17.5 Å². The maximum absolute atomic E-state index is 13.7. The van der Waals surface area contributed by atoms with Crippen molar-refractivity contribution in [3.63, 3.8) is 0 Å². The Morgan fingerprint density at radius 3 is 2.14 bits per heavy atom. The number of hydrogen-bond acceptors (Lipinski definition) is 5. The first kappa shape index (κ1) is 26.5. The van der Waals surface area contributed by atoms with Gasteiger partial charge in [0.05, 0.1) is 14.2 Å². The summed E-state index contributed by atoms with van der Waals surface area (Å²) in [6, 6.07) is 19.5. The lowest BCUT2D eigenvalue weighted by atomic mass is 9.96. The molecular formula is C27H28F2N2O5. The van der Waals surface area contributed by atoms with E-state index in [0.717, 1.165) is 5.56 Å². The van der Waals surface area contributed by atoms with Crippen LogP contribution in [-0.2, 0) is 16.0 Å². The first-order chi connectivity index (χ1) is 17.1. The van der Waals surface area contributed by atoms with E-state index in [1.807, 2.05) is 6.07 Å². The van der Waals surface area contributed by atoms with Gasteiger partial charge in [0, 0.05) is 19.2 Å². The van der Waals surface area contributed by atoms with Crippen molar-refractivity contribution in [3.05, 3.63) is 83.9 Å². The molecule has 3 aromatic carbocycles. The number of methoxy groups -OCH3 is 2. The lowest BCUT2D eigenvalue weighted by molar-refractivity contribution is -0.159. The van der Waals surface area contributed by atoms with Crippen LogP contribution in [0.5, 0.6) is 17.2 Å². The van der Waals surface area contributed by atoms with E-state index in [0.29, 0.717) is 36.1 Å². The zero-order valence-corrected chi connectivity index (χ0v) is 20.2. The van der Waals surface area contributed by atoms with E-state index in [1.165, 1.54) is 43.4 Å². The molecule has 0 aliphatic rings. The smallest absolute Gasteiger partial charge is 0.394 e. The van der Waals surface area contributed by atoms with E-state index >= 15 is 0 Å². The van der Waals surface area contributed by atoms with Crippen molar-refractivity contribution in [1.82, 2.24) is 0 Å². The number of benzene rings is 3. The molecule has 190 valence electrons. The molecular weight excluding hydrogens is 470 g/mol. The third kappa shape index (κ3) is 6.71. The van der Waals surface area contributed by atoms with Gasteiger partial charge in [-0.25, -0.2) is 0 Å². The highest BCUT2D eigenvalue weighted by Crippen LogP contribution is 2.30. The number of rotatable bonds is 11. The molecule has 0 bridgehead atoms. The van der Waals surface area contributed by atoms with Gasteiger partial charge in [0.1, 0.15) is 11.7 Å². The van der Waals surface area contributed by atoms with Crippen molar-refractivity contribution < 1.29 is 32.6 Å². The Morgan fingerprint density at radius 2 is 1.58 bits per heavy atom. The van der Waals surface area contributed by atoms with Gasteiger partial charge in [0.25, 0.3) is 0 Å². The Hall–Kier alpha value is -4.14. The predicted octanol–water partition coefficient (Wildman–Crippen LogP) is 4.54. The maximum atomic E-state index is 13.7. The molecule has 3 rings (SSSR count). The van der Waals surface area contributed by atoms with Gasteiger partial charge >= 0.3 is 6.11 Å². The first-order valence-corrected chi connectivity index (χ1v) is 11.2. The summed E-state index contributed by atoms with van der Waals surface area (Å²) in [5.74, 6) is -1.53. The monoisotopic (exact) mass is 498 g/mol. The van der Waals surface area contributed by atoms with Gasteiger partial charge < -0.3 is 24.8 Å². The van der Waals surface area contributed by atoms with Gasteiger partial charge in [-0.05, 0) is 53.9 Å². The summed E-state index contributed by atoms with van der Waals surface area (Å²) in [7, 11) is 3.06. The van der Waals surface area contributed by atoms with Crippen LogP contribution >= 0.6 is 0 Å². The number of anilines is 1. The van der Waals surface area contributed by atoms with Crippen LogP contribution in [0.25, 0.3) is 0 Å². The van der Waals surface area contributed by atoms with E-state index in [9.17, 15) is 18.4 Å². The predicted molar refractivity (Wildman–Crippen MR) is 132 cm³/mol. The van der Waals surface area contributed by atoms with Gasteiger partial charge in [-0.1, -0.05) is 36.4 Å². The molecule has 0 saturated heterocycles. The molecule has 36 heavy (non-hydrogen) atoms. The molecule has 9 heteroatoms. The van der Waals surface area contributed by atoms with Crippen LogP contribution in [0, 0.1) is 0 Å². The number of hydrogen-bond donors (Lipinski definition) is 1. The molecule has 0 aliphatic heterocycles. The van der Waals surface area contributed by atoms with Crippen molar-refractivity contribution in [2.75, 3.05) is 25.7 Å². The minimum absolute atomic E-state index is 0.0620. The molecule has 0 heterocycles. The lowest BCUT2D eigenvalue weighted by Gasteiger charge is -2.27. The SMILES string of the molecule is COc1ccc(CCN(C(=O)C(C(N)=O)c2ccccc2)c2ccc(OC(C)(F)F)cc2)cc1OC. The molecule has 0 aliphatic carbocycles. The summed E-state index contributed by atoms with van der Waals surface area (Å²) in [6.45, 7) is 0.812. The van der Waals surface area contributed by atoms with E-state index < -0.39 is 23.8 Å². The fourth-order valence-electron chi connectivity index (χ4n) is 3.77. The van der Waals surface area contributed by atoms with Crippen LogP contribution < -0.4 is 24.8 Å². The number of primary amides is 1. The van der Waals surface area contributed by atoms with Crippen LogP contribution in [0.2, 0.25) is 0 Å². The third-order valence-electron chi connectivity index (χ3n) is 5.45. The zero-order valence-electron chi connectivity index (χ0n) is 20.2. The van der Waals surface area contributed by atoms with Gasteiger partial charge in [0.15, 0.2) is 11.5 Å². The Bertz CT molecular complexity index is 1180. The van der Waals surface area contributed by atoms with Crippen molar-refractivity contribution in [2.45, 2.75) is 25.4 Å². The van der Waals surface area contributed by atoms with Crippen molar-refractivity contribution in [3.8, 4) is 17.2 Å².